The van der Waals surface area contributed by atoms with Gasteiger partial charge in [0, 0.05) is 5.69 Å². The molecule has 2 aromatic rings. The molecule has 0 heterocycles. The Labute approximate surface area is 100 Å². The van der Waals surface area contributed by atoms with Crippen molar-refractivity contribution >= 4 is 17.1 Å². The van der Waals surface area contributed by atoms with Crippen LogP contribution >= 0.6 is 0 Å². The third kappa shape index (κ3) is 2.56. The van der Waals surface area contributed by atoms with Crippen LogP contribution in [-0.2, 0) is 6.42 Å². The van der Waals surface area contributed by atoms with Gasteiger partial charge in [0.05, 0.1) is 11.4 Å². The average Bonchev–Trinajstić information content (AvgIpc) is 2.35. The topological polar surface area (TPSA) is 38.0 Å². The quantitative estimate of drug-likeness (QED) is 0.789. The fraction of sp³-hybridized carbons (Fsp3) is 0.143. The minimum atomic E-state index is -0.401. The molecular weight excluding hydrogens is 215 g/mol. The van der Waals surface area contributed by atoms with E-state index in [1.54, 1.807) is 12.1 Å². The molecule has 0 saturated heterocycles. The predicted molar refractivity (Wildman–Crippen MR) is 69.9 cm³/mol. The normalized spacial score (nSPS) is 10.2. The highest BCUT2D eigenvalue weighted by Crippen LogP contribution is 2.25. The molecule has 17 heavy (non-hydrogen) atoms. The molecule has 3 N–H and O–H groups in total. The van der Waals surface area contributed by atoms with Gasteiger partial charge >= 0.3 is 0 Å². The van der Waals surface area contributed by atoms with Crippen LogP contribution in [0, 0.1) is 5.82 Å². The average molecular weight is 230 g/mol. The monoisotopic (exact) mass is 230 g/mol. The van der Waals surface area contributed by atoms with Gasteiger partial charge in [0.15, 0.2) is 0 Å². The van der Waals surface area contributed by atoms with Crippen LogP contribution in [0.25, 0.3) is 0 Å². The van der Waals surface area contributed by atoms with Crippen LogP contribution in [0.15, 0.2) is 42.5 Å². The first-order chi connectivity index (χ1) is 8.20. The maximum atomic E-state index is 13.3. The summed E-state index contributed by atoms with van der Waals surface area (Å²) in [7, 11) is 0. The number of hydrogen-bond donors (Lipinski definition) is 2. The summed E-state index contributed by atoms with van der Waals surface area (Å²) in [5.74, 6) is -0.401. The van der Waals surface area contributed by atoms with Gasteiger partial charge in [-0.05, 0) is 36.2 Å². The van der Waals surface area contributed by atoms with E-state index in [1.165, 1.54) is 11.6 Å². The minimum Gasteiger partial charge on any atom is -0.395 e. The Morgan fingerprint density at radius 2 is 1.94 bits per heavy atom. The van der Waals surface area contributed by atoms with Crippen LogP contribution in [0.2, 0.25) is 0 Å². The zero-order chi connectivity index (χ0) is 12.3. The largest absolute Gasteiger partial charge is 0.395 e. The molecule has 0 spiro atoms. The van der Waals surface area contributed by atoms with E-state index in [0.29, 0.717) is 5.69 Å². The van der Waals surface area contributed by atoms with Crippen molar-refractivity contribution in [2.75, 3.05) is 11.1 Å². The molecule has 0 radical (unpaired) electrons. The fourth-order valence-electron chi connectivity index (χ4n) is 1.67. The van der Waals surface area contributed by atoms with Crippen molar-refractivity contribution in [2.24, 2.45) is 0 Å². The van der Waals surface area contributed by atoms with Crippen LogP contribution in [0.3, 0.4) is 0 Å². The minimum absolute atomic E-state index is 0.148. The van der Waals surface area contributed by atoms with E-state index < -0.39 is 5.82 Å². The summed E-state index contributed by atoms with van der Waals surface area (Å²) in [5, 5.41) is 3.12. The molecule has 2 nitrogen and oxygen atoms in total. The number of para-hydroxylation sites is 1. The van der Waals surface area contributed by atoms with Crippen molar-refractivity contribution in [2.45, 2.75) is 13.3 Å². The van der Waals surface area contributed by atoms with Gasteiger partial charge < -0.3 is 11.1 Å². The molecule has 0 aliphatic carbocycles. The smallest absolute Gasteiger partial charge is 0.148 e. The molecule has 0 atom stereocenters. The number of aryl methyl sites for hydroxylation is 1. The standard InChI is InChI=1S/C14H15FN2/c1-2-10-5-3-6-11(9-10)17-13-8-4-7-12(15)14(13)16/h3-9,17H,2,16H2,1H3. The van der Waals surface area contributed by atoms with E-state index >= 15 is 0 Å². The first-order valence-corrected chi connectivity index (χ1v) is 5.60. The number of hydrogen-bond acceptors (Lipinski definition) is 2. The molecule has 2 aromatic carbocycles. The third-order valence-corrected chi connectivity index (χ3v) is 2.67. The lowest BCUT2D eigenvalue weighted by atomic mass is 10.1. The van der Waals surface area contributed by atoms with Gasteiger partial charge in [-0.25, -0.2) is 4.39 Å². The molecule has 0 amide bonds. The highest BCUT2D eigenvalue weighted by atomic mass is 19.1. The summed E-state index contributed by atoms with van der Waals surface area (Å²) in [6.45, 7) is 2.09. The van der Waals surface area contributed by atoms with Crippen molar-refractivity contribution in [3.63, 3.8) is 0 Å². The van der Waals surface area contributed by atoms with Gasteiger partial charge in [-0.1, -0.05) is 25.1 Å². The Bertz CT molecular complexity index is 523. The van der Waals surface area contributed by atoms with Gasteiger partial charge in [-0.3, -0.25) is 0 Å². The van der Waals surface area contributed by atoms with E-state index in [-0.39, 0.29) is 5.69 Å². The summed E-state index contributed by atoms with van der Waals surface area (Å²) in [6.07, 6.45) is 0.966. The number of rotatable bonds is 3. The Morgan fingerprint density at radius 1 is 1.18 bits per heavy atom. The van der Waals surface area contributed by atoms with Gasteiger partial charge in [0.1, 0.15) is 5.82 Å². The van der Waals surface area contributed by atoms with Gasteiger partial charge in [-0.15, -0.1) is 0 Å². The van der Waals surface area contributed by atoms with Crippen LogP contribution in [0.5, 0.6) is 0 Å². The molecular formula is C14H15FN2. The molecule has 0 aliphatic heterocycles. The van der Waals surface area contributed by atoms with E-state index in [2.05, 4.69) is 18.3 Å². The van der Waals surface area contributed by atoms with Crippen molar-refractivity contribution in [3.8, 4) is 0 Å². The SMILES string of the molecule is CCc1cccc(Nc2cccc(F)c2N)c1. The zero-order valence-corrected chi connectivity index (χ0v) is 9.70. The van der Waals surface area contributed by atoms with Crippen LogP contribution < -0.4 is 11.1 Å². The molecule has 0 fully saturated rings. The predicted octanol–water partition coefficient (Wildman–Crippen LogP) is 3.71. The molecule has 0 bridgehead atoms. The summed E-state index contributed by atoms with van der Waals surface area (Å²) >= 11 is 0. The maximum absolute atomic E-state index is 13.3. The van der Waals surface area contributed by atoms with E-state index in [4.69, 9.17) is 5.73 Å². The molecule has 2 rings (SSSR count). The Kier molecular flexibility index (Phi) is 3.28. The van der Waals surface area contributed by atoms with Gasteiger partial charge in [0.25, 0.3) is 0 Å². The number of nitrogen functional groups attached to an aromatic ring is 1. The number of nitrogens with two attached hydrogens (primary N) is 1. The first-order valence-electron chi connectivity index (χ1n) is 5.60. The van der Waals surface area contributed by atoms with Crippen LogP contribution in [0.4, 0.5) is 21.5 Å². The third-order valence-electron chi connectivity index (χ3n) is 2.67. The molecule has 0 aliphatic rings. The van der Waals surface area contributed by atoms with Crippen LogP contribution in [-0.4, -0.2) is 0 Å². The van der Waals surface area contributed by atoms with Crippen LogP contribution in [0.1, 0.15) is 12.5 Å². The number of benzene rings is 2. The lowest BCUT2D eigenvalue weighted by molar-refractivity contribution is 0.633. The lowest BCUT2D eigenvalue weighted by Crippen LogP contribution is -1.99. The Morgan fingerprint density at radius 3 is 2.71 bits per heavy atom. The zero-order valence-electron chi connectivity index (χ0n) is 9.70. The molecule has 88 valence electrons. The second kappa shape index (κ2) is 4.87. The maximum Gasteiger partial charge on any atom is 0.148 e. The fourth-order valence-corrected chi connectivity index (χ4v) is 1.67. The summed E-state index contributed by atoms with van der Waals surface area (Å²) in [5.41, 5.74) is 8.55. The number of halogens is 1. The van der Waals surface area contributed by atoms with Gasteiger partial charge in [0.2, 0.25) is 0 Å². The van der Waals surface area contributed by atoms with E-state index in [0.717, 1.165) is 12.1 Å². The number of anilines is 3. The lowest BCUT2D eigenvalue weighted by Gasteiger charge is -2.10. The Hall–Kier alpha value is -2.03. The molecule has 0 saturated carbocycles. The molecule has 0 aromatic heterocycles. The second-order valence-corrected chi connectivity index (χ2v) is 3.88. The first kappa shape index (κ1) is 11.5. The van der Waals surface area contributed by atoms with Crippen molar-refractivity contribution < 1.29 is 4.39 Å². The van der Waals surface area contributed by atoms with E-state index in [1.807, 2.05) is 18.2 Å². The summed E-state index contributed by atoms with van der Waals surface area (Å²) in [6, 6.07) is 12.7. The van der Waals surface area contributed by atoms with E-state index in [9.17, 15) is 4.39 Å². The molecule has 3 heteroatoms. The highest BCUT2D eigenvalue weighted by Gasteiger charge is 2.04. The molecule has 0 unspecified atom stereocenters. The van der Waals surface area contributed by atoms with Crippen molar-refractivity contribution in [3.05, 3.63) is 53.8 Å². The number of nitrogens with one attached hydrogen (secondary N) is 1. The highest BCUT2D eigenvalue weighted by molar-refractivity contribution is 5.73. The summed E-state index contributed by atoms with van der Waals surface area (Å²) < 4.78 is 13.3. The van der Waals surface area contributed by atoms with Crippen molar-refractivity contribution in [1.29, 1.82) is 0 Å². The Balaban J connectivity index is 2.28. The van der Waals surface area contributed by atoms with Crippen molar-refractivity contribution in [1.82, 2.24) is 0 Å². The second-order valence-electron chi connectivity index (χ2n) is 3.88. The summed E-state index contributed by atoms with van der Waals surface area (Å²) in [4.78, 5) is 0. The van der Waals surface area contributed by atoms with Gasteiger partial charge in [-0.2, -0.15) is 0 Å².